The predicted octanol–water partition coefficient (Wildman–Crippen LogP) is -4.49. The molecule has 0 amide bonds. The summed E-state index contributed by atoms with van der Waals surface area (Å²) < 4.78 is 0. The lowest BCUT2D eigenvalue weighted by atomic mass is 9.75. The summed E-state index contributed by atoms with van der Waals surface area (Å²) in [5.41, 5.74) is -2.05. The van der Waals surface area contributed by atoms with Crippen molar-refractivity contribution in [3.05, 3.63) is 0 Å². The van der Waals surface area contributed by atoms with Crippen molar-refractivity contribution in [1.82, 2.24) is 5.32 Å². The summed E-state index contributed by atoms with van der Waals surface area (Å²) in [6.45, 7) is -1.66. The first-order valence-electron chi connectivity index (χ1n) is 5.75. The van der Waals surface area contributed by atoms with Gasteiger partial charge in [0.25, 0.3) is 0 Å². The maximum absolute atomic E-state index is 10.1. The van der Waals surface area contributed by atoms with Crippen molar-refractivity contribution in [2.45, 2.75) is 42.4 Å². The van der Waals surface area contributed by atoms with Crippen LogP contribution in [0.4, 0.5) is 0 Å². The highest BCUT2D eigenvalue weighted by Crippen LogP contribution is 2.29. The van der Waals surface area contributed by atoms with Crippen LogP contribution in [0.2, 0.25) is 0 Å². The SMILES string of the molecule is OCC(CO)N[C@@H]1C[C@H](O)[C@@H](O)[C@H](O)[C@@]1(O)CO. The van der Waals surface area contributed by atoms with Gasteiger partial charge in [0.15, 0.2) is 0 Å². The maximum atomic E-state index is 10.1. The Balaban J connectivity index is 2.86. The van der Waals surface area contributed by atoms with Gasteiger partial charge in [-0.25, -0.2) is 0 Å². The number of aliphatic hydroxyl groups excluding tert-OH is 6. The summed E-state index contributed by atoms with van der Waals surface area (Å²) in [7, 11) is 0. The van der Waals surface area contributed by atoms with Crippen molar-refractivity contribution in [2.24, 2.45) is 0 Å². The Hall–Kier alpha value is -0.320. The highest BCUT2D eigenvalue weighted by atomic mass is 16.4. The zero-order chi connectivity index (χ0) is 13.9. The zero-order valence-electron chi connectivity index (χ0n) is 9.85. The number of nitrogens with one attached hydrogen (secondary N) is 1. The molecule has 8 N–H and O–H groups in total. The third-order valence-corrected chi connectivity index (χ3v) is 3.44. The van der Waals surface area contributed by atoms with E-state index < -0.39 is 55.8 Å². The molecule has 0 heterocycles. The van der Waals surface area contributed by atoms with Crippen LogP contribution in [0.5, 0.6) is 0 Å². The molecule has 108 valence electrons. The average molecular weight is 267 g/mol. The van der Waals surface area contributed by atoms with Gasteiger partial charge in [0.2, 0.25) is 0 Å². The van der Waals surface area contributed by atoms with Gasteiger partial charge >= 0.3 is 0 Å². The molecule has 8 nitrogen and oxygen atoms in total. The predicted molar refractivity (Wildman–Crippen MR) is 59.6 cm³/mol. The van der Waals surface area contributed by atoms with E-state index in [9.17, 15) is 25.5 Å². The number of aliphatic hydroxyl groups is 7. The lowest BCUT2D eigenvalue weighted by Crippen LogP contribution is -2.71. The maximum Gasteiger partial charge on any atom is 0.131 e. The topological polar surface area (TPSA) is 154 Å². The van der Waals surface area contributed by atoms with Gasteiger partial charge in [0, 0.05) is 6.04 Å². The minimum atomic E-state index is -2.05. The fourth-order valence-corrected chi connectivity index (χ4v) is 2.16. The smallest absolute Gasteiger partial charge is 0.131 e. The van der Waals surface area contributed by atoms with Crippen LogP contribution in [-0.2, 0) is 0 Å². The zero-order valence-corrected chi connectivity index (χ0v) is 9.85. The molecule has 1 fully saturated rings. The third kappa shape index (κ3) is 2.81. The van der Waals surface area contributed by atoms with Crippen molar-refractivity contribution in [3.63, 3.8) is 0 Å². The van der Waals surface area contributed by atoms with Crippen molar-refractivity contribution in [3.8, 4) is 0 Å². The molecule has 0 bridgehead atoms. The second kappa shape index (κ2) is 6.22. The Kier molecular flexibility index (Phi) is 5.44. The molecule has 1 aliphatic carbocycles. The molecule has 0 unspecified atom stereocenters. The van der Waals surface area contributed by atoms with Gasteiger partial charge in [-0.1, -0.05) is 0 Å². The van der Waals surface area contributed by atoms with Gasteiger partial charge in [-0.2, -0.15) is 0 Å². The summed E-state index contributed by atoms with van der Waals surface area (Å²) >= 11 is 0. The monoisotopic (exact) mass is 267 g/mol. The first-order valence-corrected chi connectivity index (χ1v) is 5.75. The molecule has 0 aromatic heterocycles. The molecule has 0 radical (unpaired) electrons. The van der Waals surface area contributed by atoms with Crippen molar-refractivity contribution < 1.29 is 35.7 Å². The second-order valence-electron chi connectivity index (χ2n) is 4.67. The van der Waals surface area contributed by atoms with Crippen molar-refractivity contribution >= 4 is 0 Å². The molecule has 8 heteroatoms. The number of hydrogen-bond acceptors (Lipinski definition) is 8. The Morgan fingerprint density at radius 3 is 2.11 bits per heavy atom. The summed E-state index contributed by atoms with van der Waals surface area (Å²) in [5.74, 6) is 0. The van der Waals surface area contributed by atoms with Crippen LogP contribution < -0.4 is 5.32 Å². The van der Waals surface area contributed by atoms with Gasteiger partial charge < -0.3 is 41.1 Å². The molecular formula is C10H21NO7. The van der Waals surface area contributed by atoms with E-state index in [4.69, 9.17) is 10.2 Å². The highest BCUT2D eigenvalue weighted by molar-refractivity contribution is 5.07. The summed E-state index contributed by atoms with van der Waals surface area (Å²) in [4.78, 5) is 0. The van der Waals surface area contributed by atoms with E-state index in [1.807, 2.05) is 0 Å². The molecule has 0 spiro atoms. The first kappa shape index (κ1) is 15.7. The lowest BCUT2D eigenvalue weighted by Gasteiger charge is -2.47. The van der Waals surface area contributed by atoms with Gasteiger partial charge in [-0.15, -0.1) is 0 Å². The first-order chi connectivity index (χ1) is 8.40. The third-order valence-electron chi connectivity index (χ3n) is 3.44. The van der Waals surface area contributed by atoms with Crippen molar-refractivity contribution in [2.75, 3.05) is 19.8 Å². The molecule has 1 aliphatic rings. The van der Waals surface area contributed by atoms with E-state index in [1.54, 1.807) is 0 Å². The van der Waals surface area contributed by atoms with Gasteiger partial charge in [-0.3, -0.25) is 0 Å². The quantitative estimate of drug-likeness (QED) is 0.248. The van der Waals surface area contributed by atoms with E-state index in [1.165, 1.54) is 0 Å². The van der Waals surface area contributed by atoms with E-state index in [0.717, 1.165) is 0 Å². The highest BCUT2D eigenvalue weighted by Gasteiger charge is 2.53. The molecular weight excluding hydrogens is 246 g/mol. The molecule has 0 saturated heterocycles. The summed E-state index contributed by atoms with van der Waals surface area (Å²) in [5, 5.41) is 68.6. The van der Waals surface area contributed by atoms with Crippen LogP contribution in [0.15, 0.2) is 0 Å². The molecule has 0 aromatic rings. The van der Waals surface area contributed by atoms with Crippen LogP contribution in [0.1, 0.15) is 6.42 Å². The van der Waals surface area contributed by atoms with E-state index in [0.29, 0.717) is 0 Å². The van der Waals surface area contributed by atoms with Gasteiger partial charge in [-0.05, 0) is 6.42 Å². The summed E-state index contributed by atoms with van der Waals surface area (Å²) in [6, 6.07) is -1.73. The Morgan fingerprint density at radius 1 is 1.11 bits per heavy atom. The largest absolute Gasteiger partial charge is 0.395 e. The second-order valence-corrected chi connectivity index (χ2v) is 4.67. The average Bonchev–Trinajstić information content (AvgIpc) is 2.39. The molecule has 0 aliphatic heterocycles. The minimum absolute atomic E-state index is 0.133. The Labute approximate surface area is 104 Å². The molecule has 18 heavy (non-hydrogen) atoms. The molecule has 5 atom stereocenters. The number of hydrogen-bond donors (Lipinski definition) is 8. The van der Waals surface area contributed by atoms with E-state index in [-0.39, 0.29) is 6.42 Å². The molecule has 0 aromatic carbocycles. The van der Waals surface area contributed by atoms with E-state index >= 15 is 0 Å². The minimum Gasteiger partial charge on any atom is -0.395 e. The van der Waals surface area contributed by atoms with E-state index in [2.05, 4.69) is 5.32 Å². The standard InChI is InChI=1S/C10H21NO7/c12-2-5(3-13)11-7-1-6(15)8(16)9(17)10(7,18)4-14/h5-9,11-18H,1-4H2/t6-,7+,8+,9-,10+/m0/s1. The molecule has 1 rings (SSSR count). The van der Waals surface area contributed by atoms with Crippen LogP contribution >= 0.6 is 0 Å². The Bertz CT molecular complexity index is 263. The van der Waals surface area contributed by atoms with Crippen LogP contribution in [-0.4, -0.2) is 91.6 Å². The van der Waals surface area contributed by atoms with Gasteiger partial charge in [0.05, 0.1) is 32.0 Å². The lowest BCUT2D eigenvalue weighted by molar-refractivity contribution is -0.212. The fourth-order valence-electron chi connectivity index (χ4n) is 2.16. The number of rotatable bonds is 5. The van der Waals surface area contributed by atoms with Crippen LogP contribution in [0.25, 0.3) is 0 Å². The summed E-state index contributed by atoms with van der Waals surface area (Å²) in [6.07, 6.45) is -4.71. The molecule has 1 saturated carbocycles. The van der Waals surface area contributed by atoms with Crippen molar-refractivity contribution in [1.29, 1.82) is 0 Å². The van der Waals surface area contributed by atoms with Crippen LogP contribution in [0.3, 0.4) is 0 Å². The fraction of sp³-hybridized carbons (Fsp3) is 1.00. The Morgan fingerprint density at radius 2 is 1.67 bits per heavy atom. The van der Waals surface area contributed by atoms with Crippen LogP contribution in [0, 0.1) is 0 Å². The van der Waals surface area contributed by atoms with Gasteiger partial charge in [0.1, 0.15) is 17.8 Å². The normalized spacial score (nSPS) is 41.3.